The van der Waals surface area contributed by atoms with E-state index in [0.29, 0.717) is 0 Å². The summed E-state index contributed by atoms with van der Waals surface area (Å²) in [6.07, 6.45) is 1.98. The summed E-state index contributed by atoms with van der Waals surface area (Å²) in [7, 11) is 0. The Hall–Kier alpha value is -2.63. The second-order valence-electron chi connectivity index (χ2n) is 7.64. The normalized spacial score (nSPS) is 16.1. The number of anilines is 1. The number of ether oxygens (including phenoxy) is 1. The van der Waals surface area contributed by atoms with Gasteiger partial charge in [-0.25, -0.2) is 0 Å². The van der Waals surface area contributed by atoms with Crippen LogP contribution in [0, 0.1) is 0 Å². The number of nitrogens with one attached hydrogen (secondary N) is 2. The Kier molecular flexibility index (Phi) is 4.63. The van der Waals surface area contributed by atoms with Crippen molar-refractivity contribution in [2.24, 2.45) is 0 Å². The van der Waals surface area contributed by atoms with Crippen molar-refractivity contribution in [3.8, 4) is 11.3 Å². The number of hydrogen-bond acceptors (Lipinski definition) is 4. The molecule has 5 rings (SSSR count). The van der Waals surface area contributed by atoms with Gasteiger partial charge in [0.2, 0.25) is 0 Å². The van der Waals surface area contributed by atoms with Gasteiger partial charge in [-0.2, -0.15) is 0 Å². The summed E-state index contributed by atoms with van der Waals surface area (Å²) in [5, 5.41) is 5.39. The maximum Gasteiger partial charge on any atom is 0.256 e. The molecule has 28 heavy (non-hydrogen) atoms. The zero-order valence-corrected chi connectivity index (χ0v) is 16.0. The molecule has 0 amide bonds. The molecule has 5 heteroatoms. The predicted molar refractivity (Wildman–Crippen MR) is 113 cm³/mol. The van der Waals surface area contributed by atoms with Gasteiger partial charge in [0, 0.05) is 42.7 Å². The van der Waals surface area contributed by atoms with Crippen LogP contribution in [0.15, 0.2) is 47.3 Å². The molecule has 3 aromatic rings. The number of fused-ring (bicyclic) bond motifs is 5. The van der Waals surface area contributed by atoms with Crippen molar-refractivity contribution in [1.29, 1.82) is 0 Å². The smallest absolute Gasteiger partial charge is 0.256 e. The Morgan fingerprint density at radius 2 is 1.89 bits per heavy atom. The number of pyridine rings is 1. The molecule has 0 radical (unpaired) electrons. The van der Waals surface area contributed by atoms with Crippen LogP contribution in [0.1, 0.15) is 17.5 Å². The lowest BCUT2D eigenvalue weighted by Crippen LogP contribution is -2.37. The number of hydrogen-bond donors (Lipinski definition) is 2. The van der Waals surface area contributed by atoms with Gasteiger partial charge in [-0.15, -0.1) is 0 Å². The van der Waals surface area contributed by atoms with Crippen molar-refractivity contribution in [2.75, 3.05) is 44.7 Å². The molecule has 0 bridgehead atoms. The molecule has 5 nitrogen and oxygen atoms in total. The predicted octanol–water partition coefficient (Wildman–Crippen LogP) is 3.23. The second-order valence-corrected chi connectivity index (χ2v) is 7.64. The van der Waals surface area contributed by atoms with Gasteiger partial charge in [0.05, 0.1) is 18.9 Å². The van der Waals surface area contributed by atoms with Crippen molar-refractivity contribution in [2.45, 2.75) is 12.8 Å². The van der Waals surface area contributed by atoms with Crippen molar-refractivity contribution < 1.29 is 4.74 Å². The van der Waals surface area contributed by atoms with E-state index in [4.69, 9.17) is 4.74 Å². The maximum atomic E-state index is 12.5. The Bertz CT molecular complexity index is 1070. The van der Waals surface area contributed by atoms with Crippen molar-refractivity contribution in [3.63, 3.8) is 0 Å². The summed E-state index contributed by atoms with van der Waals surface area (Å²) < 4.78 is 5.40. The number of aromatic amines is 1. The van der Waals surface area contributed by atoms with Crippen LogP contribution in [0.25, 0.3) is 22.0 Å². The van der Waals surface area contributed by atoms with Crippen molar-refractivity contribution in [1.82, 2.24) is 9.88 Å². The first kappa shape index (κ1) is 17.5. The fourth-order valence-corrected chi connectivity index (χ4v) is 4.37. The monoisotopic (exact) mass is 375 g/mol. The molecule has 1 fully saturated rings. The molecule has 1 aliphatic carbocycles. The standard InChI is InChI=1S/C23H25N3O2/c27-23-19-5-2-1-4-18(19)21-14-16-6-7-17(15-20(16)22(21)25-23)24-8-3-9-26-10-12-28-13-11-26/h1-2,4-7,15,24H,3,8-14H2,(H,25,27). The minimum atomic E-state index is -0.00827. The number of rotatable bonds is 5. The van der Waals surface area contributed by atoms with Crippen LogP contribution >= 0.6 is 0 Å². The summed E-state index contributed by atoms with van der Waals surface area (Å²) >= 11 is 0. The highest BCUT2D eigenvalue weighted by Crippen LogP contribution is 2.39. The molecule has 2 aromatic carbocycles. The first-order valence-corrected chi connectivity index (χ1v) is 10.1. The zero-order valence-electron chi connectivity index (χ0n) is 16.0. The van der Waals surface area contributed by atoms with Gasteiger partial charge in [0.25, 0.3) is 5.56 Å². The summed E-state index contributed by atoms with van der Waals surface area (Å²) in [5.41, 5.74) is 5.75. The minimum Gasteiger partial charge on any atom is -0.385 e. The van der Waals surface area contributed by atoms with Crippen LogP contribution < -0.4 is 10.9 Å². The summed E-state index contributed by atoms with van der Waals surface area (Å²) in [4.78, 5) is 18.1. The van der Waals surface area contributed by atoms with Gasteiger partial charge in [-0.1, -0.05) is 24.3 Å². The lowest BCUT2D eigenvalue weighted by molar-refractivity contribution is 0.0378. The maximum absolute atomic E-state index is 12.5. The van der Waals surface area contributed by atoms with Gasteiger partial charge < -0.3 is 15.0 Å². The van der Waals surface area contributed by atoms with E-state index < -0.39 is 0 Å². The Balaban J connectivity index is 1.33. The number of H-pyrrole nitrogens is 1. The summed E-state index contributed by atoms with van der Waals surface area (Å²) in [6, 6.07) is 14.4. The van der Waals surface area contributed by atoms with E-state index in [1.165, 1.54) is 11.1 Å². The molecule has 2 aliphatic rings. The van der Waals surface area contributed by atoms with Crippen molar-refractivity contribution >= 4 is 16.5 Å². The highest BCUT2D eigenvalue weighted by atomic mass is 16.5. The first-order valence-electron chi connectivity index (χ1n) is 10.1. The quantitative estimate of drug-likeness (QED) is 0.526. The lowest BCUT2D eigenvalue weighted by atomic mass is 10.0. The molecule has 2 N–H and O–H groups in total. The molecule has 0 unspecified atom stereocenters. The second kappa shape index (κ2) is 7.41. The largest absolute Gasteiger partial charge is 0.385 e. The minimum absolute atomic E-state index is 0.00827. The SMILES string of the molecule is O=c1[nH]c2c(c3ccccc13)Cc1ccc(NCCCN3CCOCC3)cc1-2. The fraction of sp³-hybridized carbons (Fsp3) is 0.348. The van der Waals surface area contributed by atoms with Gasteiger partial charge in [0.1, 0.15) is 0 Å². The zero-order chi connectivity index (χ0) is 18.9. The van der Waals surface area contributed by atoms with E-state index in [1.54, 1.807) is 0 Å². The first-order chi connectivity index (χ1) is 13.8. The lowest BCUT2D eigenvalue weighted by Gasteiger charge is -2.26. The third-order valence-electron chi connectivity index (χ3n) is 5.87. The third-order valence-corrected chi connectivity index (χ3v) is 5.87. The molecule has 1 aromatic heterocycles. The van der Waals surface area contributed by atoms with E-state index in [0.717, 1.165) is 80.0 Å². The summed E-state index contributed by atoms with van der Waals surface area (Å²) in [5.74, 6) is 0. The highest BCUT2D eigenvalue weighted by Gasteiger charge is 2.22. The van der Waals surface area contributed by atoms with E-state index >= 15 is 0 Å². The van der Waals surface area contributed by atoms with E-state index in [1.807, 2.05) is 18.2 Å². The number of morpholine rings is 1. The topological polar surface area (TPSA) is 57.4 Å². The Labute approximate surface area is 164 Å². The van der Waals surface area contributed by atoms with E-state index in [9.17, 15) is 4.79 Å². The average Bonchev–Trinajstić information content (AvgIpc) is 3.10. The van der Waals surface area contributed by atoms with Crippen LogP contribution in [-0.4, -0.2) is 49.3 Å². The Morgan fingerprint density at radius 1 is 1.07 bits per heavy atom. The van der Waals surface area contributed by atoms with E-state index in [2.05, 4.69) is 39.5 Å². The van der Waals surface area contributed by atoms with Crippen molar-refractivity contribution in [3.05, 3.63) is 63.9 Å². The molecule has 2 heterocycles. The van der Waals surface area contributed by atoms with Crippen LogP contribution in [0.3, 0.4) is 0 Å². The van der Waals surface area contributed by atoms with Gasteiger partial charge in [-0.05, 0) is 47.7 Å². The van der Waals surface area contributed by atoms with Gasteiger partial charge in [-0.3, -0.25) is 9.69 Å². The summed E-state index contributed by atoms with van der Waals surface area (Å²) in [6.45, 7) is 5.82. The third kappa shape index (κ3) is 3.21. The van der Waals surface area contributed by atoms with E-state index in [-0.39, 0.29) is 5.56 Å². The van der Waals surface area contributed by atoms with Crippen LogP contribution in [0.4, 0.5) is 5.69 Å². The van der Waals surface area contributed by atoms with Crippen LogP contribution in [0.5, 0.6) is 0 Å². The molecule has 0 saturated carbocycles. The molecule has 1 aliphatic heterocycles. The fourth-order valence-electron chi connectivity index (χ4n) is 4.37. The molecule has 1 saturated heterocycles. The average molecular weight is 375 g/mol. The Morgan fingerprint density at radius 3 is 2.75 bits per heavy atom. The van der Waals surface area contributed by atoms with Gasteiger partial charge in [0.15, 0.2) is 0 Å². The van der Waals surface area contributed by atoms with Gasteiger partial charge >= 0.3 is 0 Å². The van der Waals surface area contributed by atoms with Crippen LogP contribution in [0.2, 0.25) is 0 Å². The highest BCUT2D eigenvalue weighted by molar-refractivity contribution is 5.93. The molecule has 144 valence electrons. The number of benzene rings is 2. The molecular weight excluding hydrogens is 350 g/mol. The molecule has 0 spiro atoms. The molecular formula is C23H25N3O2. The van der Waals surface area contributed by atoms with Crippen LogP contribution in [-0.2, 0) is 11.2 Å². The number of aromatic nitrogens is 1. The number of nitrogens with zero attached hydrogens (tertiary/aromatic N) is 1. The molecule has 0 atom stereocenters.